The monoisotopic (exact) mass is 450 g/mol. The van der Waals surface area contributed by atoms with Crippen LogP contribution in [0.5, 0.6) is 5.75 Å². The Kier molecular flexibility index (Phi) is 6.58. The molecule has 0 bridgehead atoms. The molecule has 0 spiro atoms. The molecule has 0 aromatic heterocycles. The summed E-state index contributed by atoms with van der Waals surface area (Å²) in [6.45, 7) is 8.42. The zero-order valence-corrected chi connectivity index (χ0v) is 17.1. The van der Waals surface area contributed by atoms with Crippen LogP contribution in [-0.4, -0.2) is 18.7 Å². The second-order valence-electron chi connectivity index (χ2n) is 6.87. The molecule has 0 heterocycles. The predicted octanol–water partition coefficient (Wildman–Crippen LogP) is 4.43. The molecule has 5 heteroatoms. The Morgan fingerprint density at radius 2 is 2.00 bits per heavy atom. The number of halogens is 1. The van der Waals surface area contributed by atoms with Gasteiger partial charge in [-0.05, 0) is 69.8 Å². The van der Waals surface area contributed by atoms with Crippen molar-refractivity contribution in [2.75, 3.05) is 6.61 Å². The van der Waals surface area contributed by atoms with E-state index in [1.54, 1.807) is 6.21 Å². The summed E-state index contributed by atoms with van der Waals surface area (Å²) in [7, 11) is 0. The Hall–Kier alpha value is -1.89. The maximum atomic E-state index is 11.9. The van der Waals surface area contributed by atoms with Gasteiger partial charge in [-0.2, -0.15) is 5.10 Å². The van der Waals surface area contributed by atoms with E-state index < -0.39 is 0 Å². The fourth-order valence-corrected chi connectivity index (χ4v) is 2.79. The smallest absolute Gasteiger partial charge is 0.277 e. The Morgan fingerprint density at radius 1 is 1.24 bits per heavy atom. The van der Waals surface area contributed by atoms with Crippen molar-refractivity contribution in [2.24, 2.45) is 5.10 Å². The summed E-state index contributed by atoms with van der Waals surface area (Å²) in [6, 6.07) is 13.9. The van der Waals surface area contributed by atoms with E-state index in [0.29, 0.717) is 5.75 Å². The number of rotatable bonds is 5. The molecule has 4 nitrogen and oxygen atoms in total. The Morgan fingerprint density at radius 3 is 2.64 bits per heavy atom. The van der Waals surface area contributed by atoms with Crippen molar-refractivity contribution < 1.29 is 9.53 Å². The molecule has 0 atom stereocenters. The van der Waals surface area contributed by atoms with Crippen molar-refractivity contribution in [3.8, 4) is 5.75 Å². The van der Waals surface area contributed by atoms with Gasteiger partial charge in [-0.1, -0.05) is 45.0 Å². The zero-order valence-electron chi connectivity index (χ0n) is 15.0. The van der Waals surface area contributed by atoms with E-state index >= 15 is 0 Å². The van der Waals surface area contributed by atoms with Gasteiger partial charge in [0.2, 0.25) is 0 Å². The average Bonchev–Trinajstić information content (AvgIpc) is 2.53. The number of aryl methyl sites for hydroxylation is 1. The largest absolute Gasteiger partial charge is 0.483 e. The summed E-state index contributed by atoms with van der Waals surface area (Å²) >= 11 is 2.23. The number of hydrogen-bond acceptors (Lipinski definition) is 3. The maximum absolute atomic E-state index is 11.9. The van der Waals surface area contributed by atoms with E-state index in [1.165, 1.54) is 5.56 Å². The average molecular weight is 450 g/mol. The summed E-state index contributed by atoms with van der Waals surface area (Å²) in [5.74, 6) is 0.422. The SMILES string of the molecule is Cc1cc(C(C)(C)C)ccc1OCC(=O)NN=Cc1cccc(I)c1. The highest BCUT2D eigenvalue weighted by Gasteiger charge is 2.15. The highest BCUT2D eigenvalue weighted by molar-refractivity contribution is 14.1. The quantitative estimate of drug-likeness (QED) is 0.417. The molecule has 25 heavy (non-hydrogen) atoms. The van der Waals surface area contributed by atoms with Crippen LogP contribution in [-0.2, 0) is 10.2 Å². The molecule has 0 saturated carbocycles. The molecule has 0 aliphatic rings. The van der Waals surface area contributed by atoms with Crippen LogP contribution in [0, 0.1) is 10.5 Å². The van der Waals surface area contributed by atoms with Gasteiger partial charge in [0.25, 0.3) is 5.91 Å². The number of hydrogen-bond donors (Lipinski definition) is 1. The molecular weight excluding hydrogens is 427 g/mol. The van der Waals surface area contributed by atoms with Crippen LogP contribution in [0.4, 0.5) is 0 Å². The number of nitrogens with one attached hydrogen (secondary N) is 1. The second kappa shape index (κ2) is 8.47. The second-order valence-corrected chi connectivity index (χ2v) is 8.11. The third-order valence-electron chi connectivity index (χ3n) is 3.65. The fraction of sp³-hybridized carbons (Fsp3) is 0.300. The molecule has 2 aromatic carbocycles. The molecule has 1 N–H and O–H groups in total. The van der Waals surface area contributed by atoms with Crippen LogP contribution in [0.3, 0.4) is 0 Å². The molecule has 2 rings (SSSR count). The maximum Gasteiger partial charge on any atom is 0.277 e. The van der Waals surface area contributed by atoms with Gasteiger partial charge < -0.3 is 4.74 Å². The lowest BCUT2D eigenvalue weighted by Crippen LogP contribution is -2.24. The summed E-state index contributed by atoms with van der Waals surface area (Å²) in [4.78, 5) is 11.9. The van der Waals surface area contributed by atoms with Crippen molar-refractivity contribution >= 4 is 34.7 Å². The minimum absolute atomic E-state index is 0.0701. The first kappa shape index (κ1) is 19.4. The van der Waals surface area contributed by atoms with E-state index in [1.807, 2.05) is 43.3 Å². The molecule has 0 radical (unpaired) electrons. The van der Waals surface area contributed by atoms with Crippen molar-refractivity contribution in [3.63, 3.8) is 0 Å². The summed E-state index contributed by atoms with van der Waals surface area (Å²) in [5, 5.41) is 3.96. The van der Waals surface area contributed by atoms with E-state index in [0.717, 1.165) is 14.7 Å². The predicted molar refractivity (Wildman–Crippen MR) is 110 cm³/mol. The first-order valence-electron chi connectivity index (χ1n) is 8.07. The van der Waals surface area contributed by atoms with E-state index in [-0.39, 0.29) is 17.9 Å². The number of amides is 1. The number of ether oxygens (including phenoxy) is 1. The van der Waals surface area contributed by atoms with Gasteiger partial charge in [0.15, 0.2) is 6.61 Å². The molecular formula is C20H23IN2O2. The van der Waals surface area contributed by atoms with Gasteiger partial charge >= 0.3 is 0 Å². The molecule has 2 aromatic rings. The molecule has 0 aliphatic carbocycles. The van der Waals surface area contributed by atoms with Gasteiger partial charge in [-0.15, -0.1) is 0 Å². The van der Waals surface area contributed by atoms with Crippen LogP contribution < -0.4 is 10.2 Å². The van der Waals surface area contributed by atoms with Crippen LogP contribution in [0.25, 0.3) is 0 Å². The minimum Gasteiger partial charge on any atom is -0.483 e. The van der Waals surface area contributed by atoms with E-state index in [9.17, 15) is 4.79 Å². The lowest BCUT2D eigenvalue weighted by atomic mass is 9.86. The molecule has 0 saturated heterocycles. The number of carbonyl (C=O) groups excluding carboxylic acids is 1. The topological polar surface area (TPSA) is 50.7 Å². The Bertz CT molecular complexity index is 780. The number of nitrogens with zero attached hydrogens (tertiary/aromatic N) is 1. The first-order chi connectivity index (χ1) is 11.8. The van der Waals surface area contributed by atoms with Gasteiger partial charge in [0.05, 0.1) is 6.21 Å². The standard InChI is InChI=1S/C20H23IN2O2/c1-14-10-16(20(2,3)4)8-9-18(14)25-13-19(24)23-22-12-15-6-5-7-17(21)11-15/h5-12H,13H2,1-4H3,(H,23,24). The third-order valence-corrected chi connectivity index (χ3v) is 4.32. The minimum atomic E-state index is -0.291. The van der Waals surface area contributed by atoms with E-state index in [4.69, 9.17) is 4.74 Å². The van der Waals surface area contributed by atoms with Crippen molar-refractivity contribution in [2.45, 2.75) is 33.1 Å². The number of carbonyl (C=O) groups is 1. The molecule has 0 aliphatic heterocycles. The third kappa shape index (κ3) is 6.16. The Balaban J connectivity index is 1.88. The summed E-state index contributed by atoms with van der Waals surface area (Å²) in [6.07, 6.45) is 1.61. The van der Waals surface area contributed by atoms with Crippen LogP contribution in [0.15, 0.2) is 47.6 Å². The van der Waals surface area contributed by atoms with E-state index in [2.05, 4.69) is 60.0 Å². The van der Waals surface area contributed by atoms with Crippen molar-refractivity contribution in [3.05, 3.63) is 62.7 Å². The fourth-order valence-electron chi connectivity index (χ4n) is 2.22. The van der Waals surface area contributed by atoms with Crippen LogP contribution >= 0.6 is 22.6 Å². The first-order valence-corrected chi connectivity index (χ1v) is 9.15. The van der Waals surface area contributed by atoms with Gasteiger partial charge in [-0.3, -0.25) is 4.79 Å². The highest BCUT2D eigenvalue weighted by Crippen LogP contribution is 2.27. The Labute approximate surface area is 162 Å². The van der Waals surface area contributed by atoms with Gasteiger partial charge in [-0.25, -0.2) is 5.43 Å². The summed E-state index contributed by atoms with van der Waals surface area (Å²) < 4.78 is 6.72. The van der Waals surface area contributed by atoms with Crippen molar-refractivity contribution in [1.82, 2.24) is 5.43 Å². The van der Waals surface area contributed by atoms with Crippen molar-refractivity contribution in [1.29, 1.82) is 0 Å². The van der Waals surface area contributed by atoms with Gasteiger partial charge in [0, 0.05) is 3.57 Å². The normalized spacial score (nSPS) is 11.6. The number of benzene rings is 2. The molecule has 132 valence electrons. The number of hydrazone groups is 1. The van der Waals surface area contributed by atoms with Crippen LogP contribution in [0.1, 0.15) is 37.5 Å². The summed E-state index contributed by atoms with van der Waals surface area (Å²) in [5.41, 5.74) is 5.76. The molecule has 1 amide bonds. The van der Waals surface area contributed by atoms with Gasteiger partial charge in [0.1, 0.15) is 5.75 Å². The lowest BCUT2D eigenvalue weighted by molar-refractivity contribution is -0.123. The zero-order chi connectivity index (χ0) is 18.4. The highest BCUT2D eigenvalue weighted by atomic mass is 127. The molecule has 0 fully saturated rings. The van der Waals surface area contributed by atoms with Crippen LogP contribution in [0.2, 0.25) is 0 Å². The lowest BCUT2D eigenvalue weighted by Gasteiger charge is -2.20. The molecule has 0 unspecified atom stereocenters.